The van der Waals surface area contributed by atoms with Crippen molar-refractivity contribution >= 4 is 23.0 Å². The molecular formula is C23H26N4O2S. The molecule has 6 nitrogen and oxygen atoms in total. The fourth-order valence-electron chi connectivity index (χ4n) is 4.22. The van der Waals surface area contributed by atoms with Crippen LogP contribution < -0.4 is 10.2 Å². The number of benzene rings is 1. The van der Waals surface area contributed by atoms with Gasteiger partial charge in [0.15, 0.2) is 5.11 Å². The third-order valence-corrected chi connectivity index (χ3v) is 5.99. The Hall–Kier alpha value is -2.90. The fourth-order valence-corrected chi connectivity index (χ4v) is 4.56. The summed E-state index contributed by atoms with van der Waals surface area (Å²) in [5.74, 6) is 0.229. The zero-order chi connectivity index (χ0) is 21.3. The largest absolute Gasteiger partial charge is 0.508 e. The van der Waals surface area contributed by atoms with Crippen molar-refractivity contribution in [3.8, 4) is 5.75 Å². The molecule has 0 unspecified atom stereocenters. The predicted octanol–water partition coefficient (Wildman–Crippen LogP) is 4.03. The maximum Gasteiger partial charge on any atom is 0.174 e. The Labute approximate surface area is 182 Å². The number of aromatic nitrogens is 2. The molecule has 7 heteroatoms. The molecule has 156 valence electrons. The Kier molecular flexibility index (Phi) is 5.74. The van der Waals surface area contributed by atoms with E-state index in [4.69, 9.17) is 17.0 Å². The van der Waals surface area contributed by atoms with Gasteiger partial charge in [-0.2, -0.15) is 0 Å². The van der Waals surface area contributed by atoms with Crippen LogP contribution in [0.2, 0.25) is 0 Å². The van der Waals surface area contributed by atoms with Crippen molar-refractivity contribution in [3.05, 3.63) is 77.4 Å². The number of aromatic hydroxyl groups is 1. The fraction of sp³-hybridized carbons (Fsp3) is 0.304. The Morgan fingerprint density at radius 2 is 1.93 bits per heavy atom. The van der Waals surface area contributed by atoms with E-state index in [-0.39, 0.29) is 17.8 Å². The minimum atomic E-state index is -0.0936. The lowest BCUT2D eigenvalue weighted by atomic mass is 9.96. The summed E-state index contributed by atoms with van der Waals surface area (Å²) < 4.78 is 7.58. The molecule has 1 aliphatic heterocycles. The molecule has 4 rings (SSSR count). The molecule has 1 aliphatic rings. The van der Waals surface area contributed by atoms with Crippen LogP contribution in [0.5, 0.6) is 5.75 Å². The summed E-state index contributed by atoms with van der Waals surface area (Å²) in [7, 11) is 1.72. The molecule has 0 saturated carbocycles. The Bertz CT molecular complexity index is 1030. The van der Waals surface area contributed by atoms with E-state index < -0.39 is 0 Å². The number of hydrogen-bond donors (Lipinski definition) is 2. The molecule has 3 aromatic rings. The molecule has 1 aromatic carbocycles. The zero-order valence-electron chi connectivity index (χ0n) is 17.4. The zero-order valence-corrected chi connectivity index (χ0v) is 18.2. The number of rotatable bonds is 6. The molecule has 2 atom stereocenters. The van der Waals surface area contributed by atoms with E-state index in [1.807, 2.05) is 36.5 Å². The smallest absolute Gasteiger partial charge is 0.174 e. The maximum atomic E-state index is 9.75. The van der Waals surface area contributed by atoms with E-state index in [1.165, 1.54) is 17.0 Å². The van der Waals surface area contributed by atoms with Gasteiger partial charge in [-0.25, -0.2) is 0 Å². The molecule has 2 N–H and O–H groups in total. The minimum Gasteiger partial charge on any atom is -0.508 e. The van der Waals surface area contributed by atoms with Crippen molar-refractivity contribution in [3.63, 3.8) is 0 Å². The molecular weight excluding hydrogens is 396 g/mol. The van der Waals surface area contributed by atoms with Gasteiger partial charge in [-0.3, -0.25) is 4.98 Å². The topological polar surface area (TPSA) is 62.5 Å². The SMILES string of the molecule is COCCn1c(C)cc([C@H]2[C@H](c3ccccn3)NC(=S)N2c2ccc(O)cc2)c1C. The second-order valence-corrected chi connectivity index (χ2v) is 7.87. The van der Waals surface area contributed by atoms with Gasteiger partial charge in [-0.1, -0.05) is 6.07 Å². The van der Waals surface area contributed by atoms with E-state index >= 15 is 0 Å². The van der Waals surface area contributed by atoms with Crippen molar-refractivity contribution in [2.24, 2.45) is 0 Å². The van der Waals surface area contributed by atoms with E-state index in [0.29, 0.717) is 11.7 Å². The molecule has 1 saturated heterocycles. The van der Waals surface area contributed by atoms with Gasteiger partial charge in [0.2, 0.25) is 0 Å². The average Bonchev–Trinajstić information content (AvgIpc) is 3.23. The monoisotopic (exact) mass is 422 g/mol. The van der Waals surface area contributed by atoms with Crippen LogP contribution in [0.25, 0.3) is 0 Å². The predicted molar refractivity (Wildman–Crippen MR) is 122 cm³/mol. The molecule has 2 aromatic heterocycles. The minimum absolute atomic E-state index is 0.0700. The summed E-state index contributed by atoms with van der Waals surface area (Å²) in [6, 6.07) is 15.2. The first-order valence-corrected chi connectivity index (χ1v) is 10.4. The molecule has 0 aliphatic carbocycles. The lowest BCUT2D eigenvalue weighted by molar-refractivity contribution is 0.186. The van der Waals surface area contributed by atoms with Crippen LogP contribution in [0.1, 0.15) is 34.7 Å². The molecule has 30 heavy (non-hydrogen) atoms. The van der Waals surface area contributed by atoms with Crippen LogP contribution >= 0.6 is 12.2 Å². The molecule has 3 heterocycles. The normalized spacial score (nSPS) is 18.6. The molecule has 0 bridgehead atoms. The van der Waals surface area contributed by atoms with E-state index in [9.17, 15) is 5.11 Å². The Morgan fingerprint density at radius 3 is 2.60 bits per heavy atom. The standard InChI is InChI=1S/C23H26N4O2S/c1-15-14-19(16(2)26(15)12-13-29-3)22-21(20-6-4-5-11-24-20)25-23(30)27(22)17-7-9-18(28)10-8-17/h4-11,14,21-22,28H,12-13H2,1-3H3,(H,25,30)/t21-,22-/m0/s1. The summed E-state index contributed by atoms with van der Waals surface area (Å²) in [6.07, 6.45) is 1.81. The van der Waals surface area contributed by atoms with Crippen molar-refractivity contribution in [2.75, 3.05) is 18.6 Å². The first-order valence-electron chi connectivity index (χ1n) is 9.96. The number of nitrogens with zero attached hydrogens (tertiary/aromatic N) is 3. The number of phenols is 1. The third-order valence-electron chi connectivity index (χ3n) is 5.68. The van der Waals surface area contributed by atoms with Gasteiger partial charge in [0.25, 0.3) is 0 Å². The molecule has 0 radical (unpaired) electrons. The van der Waals surface area contributed by atoms with Gasteiger partial charge >= 0.3 is 0 Å². The number of thiocarbonyl (C=S) groups is 1. The summed E-state index contributed by atoms with van der Waals surface area (Å²) in [6.45, 7) is 5.71. The second kappa shape index (κ2) is 8.45. The quantitative estimate of drug-likeness (QED) is 0.585. The van der Waals surface area contributed by atoms with E-state index in [2.05, 4.69) is 39.7 Å². The third kappa shape index (κ3) is 3.66. The van der Waals surface area contributed by atoms with Gasteiger partial charge in [-0.05, 0) is 74.1 Å². The summed E-state index contributed by atoms with van der Waals surface area (Å²) in [5.41, 5.74) is 5.43. The number of nitrogens with one attached hydrogen (secondary N) is 1. The number of methoxy groups -OCH3 is 1. The summed E-state index contributed by atoms with van der Waals surface area (Å²) >= 11 is 5.76. The molecule has 1 fully saturated rings. The lowest BCUT2D eigenvalue weighted by Gasteiger charge is -2.28. The Balaban J connectivity index is 1.83. The molecule has 0 amide bonds. The van der Waals surface area contributed by atoms with E-state index in [1.54, 1.807) is 19.2 Å². The highest BCUT2D eigenvalue weighted by Gasteiger charge is 2.42. The second-order valence-electron chi connectivity index (χ2n) is 7.48. The Morgan fingerprint density at radius 1 is 1.17 bits per heavy atom. The lowest BCUT2D eigenvalue weighted by Crippen LogP contribution is -2.29. The number of aryl methyl sites for hydroxylation is 1. The number of ether oxygens (including phenoxy) is 1. The first kappa shape index (κ1) is 20.4. The maximum absolute atomic E-state index is 9.75. The van der Waals surface area contributed by atoms with Crippen molar-refractivity contribution in [1.29, 1.82) is 0 Å². The van der Waals surface area contributed by atoms with Gasteiger partial charge < -0.3 is 24.6 Å². The number of phenolic OH excluding ortho intramolecular Hbond substituents is 1. The van der Waals surface area contributed by atoms with Crippen molar-refractivity contribution in [1.82, 2.24) is 14.9 Å². The van der Waals surface area contributed by atoms with Crippen LogP contribution in [0.15, 0.2) is 54.7 Å². The van der Waals surface area contributed by atoms with Crippen LogP contribution in [-0.4, -0.2) is 33.5 Å². The van der Waals surface area contributed by atoms with E-state index in [0.717, 1.165) is 17.9 Å². The van der Waals surface area contributed by atoms with Gasteiger partial charge in [-0.15, -0.1) is 0 Å². The highest BCUT2D eigenvalue weighted by atomic mass is 32.1. The van der Waals surface area contributed by atoms with Gasteiger partial charge in [0.05, 0.1) is 24.4 Å². The molecule has 0 spiro atoms. The number of hydrogen-bond acceptors (Lipinski definition) is 4. The van der Waals surface area contributed by atoms with Crippen LogP contribution in [0.3, 0.4) is 0 Å². The highest BCUT2D eigenvalue weighted by Crippen LogP contribution is 2.43. The van der Waals surface area contributed by atoms with Crippen LogP contribution in [-0.2, 0) is 11.3 Å². The average molecular weight is 423 g/mol. The summed E-state index contributed by atoms with van der Waals surface area (Å²) in [5, 5.41) is 13.9. The van der Waals surface area contributed by atoms with Crippen molar-refractivity contribution in [2.45, 2.75) is 32.5 Å². The summed E-state index contributed by atoms with van der Waals surface area (Å²) in [4.78, 5) is 6.73. The van der Waals surface area contributed by atoms with Crippen LogP contribution in [0, 0.1) is 13.8 Å². The van der Waals surface area contributed by atoms with Gasteiger partial charge in [0, 0.05) is 36.9 Å². The number of pyridine rings is 1. The first-order chi connectivity index (χ1) is 14.5. The van der Waals surface area contributed by atoms with Gasteiger partial charge in [0.1, 0.15) is 5.75 Å². The highest BCUT2D eigenvalue weighted by molar-refractivity contribution is 7.80. The van der Waals surface area contributed by atoms with Crippen molar-refractivity contribution < 1.29 is 9.84 Å². The number of anilines is 1. The van der Waals surface area contributed by atoms with Crippen LogP contribution in [0.4, 0.5) is 5.69 Å².